The highest BCUT2D eigenvalue weighted by atomic mass is 14.4. The van der Waals surface area contributed by atoms with Gasteiger partial charge in [-0.1, -0.05) is 31.1 Å². The maximum atomic E-state index is 3.88. The lowest BCUT2D eigenvalue weighted by Crippen LogP contribution is -2.25. The summed E-state index contributed by atoms with van der Waals surface area (Å²) < 4.78 is 0. The summed E-state index contributed by atoms with van der Waals surface area (Å²) in [6.07, 6.45) is 16.4. The smallest absolute Gasteiger partial charge is 0.0159 e. The molecule has 0 radical (unpaired) electrons. The predicted molar refractivity (Wildman–Crippen MR) is 110 cm³/mol. The summed E-state index contributed by atoms with van der Waals surface area (Å²) in [6.45, 7) is 10.8. The molecule has 138 valence electrons. The molecular weight excluding hydrogens is 300 g/mol. The monoisotopic (exact) mass is 338 g/mol. The summed E-state index contributed by atoms with van der Waals surface area (Å²) in [5, 5.41) is 0. The Hall–Kier alpha value is -1.04. The standard InChI is InChI=1S/C25H38/c1-5-6-7-21-9-11-22(12-10-21)23-13-15-24(16-14-23)25-17-8-18(2)19(3)20(25)4/h5,8,17,21-24H,1,6-7,9-16H2,2-4H3. The number of hydrogen-bond donors (Lipinski definition) is 0. The van der Waals surface area contributed by atoms with Crippen molar-refractivity contribution in [1.29, 1.82) is 0 Å². The summed E-state index contributed by atoms with van der Waals surface area (Å²) in [7, 11) is 0. The van der Waals surface area contributed by atoms with Crippen molar-refractivity contribution in [1.82, 2.24) is 0 Å². The molecule has 0 unspecified atom stereocenters. The van der Waals surface area contributed by atoms with E-state index in [-0.39, 0.29) is 0 Å². The van der Waals surface area contributed by atoms with Crippen LogP contribution in [0, 0.1) is 38.5 Å². The SMILES string of the molecule is C=CCCC1CCC(C2CCC(c3ccc(C)c(C)c3C)CC2)CC1. The molecule has 1 aromatic rings. The van der Waals surface area contributed by atoms with Crippen molar-refractivity contribution in [3.63, 3.8) is 0 Å². The molecule has 0 amide bonds. The van der Waals surface area contributed by atoms with E-state index in [9.17, 15) is 0 Å². The van der Waals surface area contributed by atoms with Crippen LogP contribution < -0.4 is 0 Å². The number of allylic oxidation sites excluding steroid dienone is 1. The minimum absolute atomic E-state index is 0.819. The number of hydrogen-bond acceptors (Lipinski definition) is 0. The van der Waals surface area contributed by atoms with Crippen molar-refractivity contribution in [2.75, 3.05) is 0 Å². The van der Waals surface area contributed by atoms with Crippen LogP contribution in [-0.4, -0.2) is 0 Å². The fraction of sp³-hybridized carbons (Fsp3) is 0.680. The van der Waals surface area contributed by atoms with E-state index >= 15 is 0 Å². The fourth-order valence-corrected chi connectivity index (χ4v) is 5.62. The third-order valence-electron chi connectivity index (χ3n) is 7.65. The molecule has 2 fully saturated rings. The van der Waals surface area contributed by atoms with Crippen LogP contribution in [0.1, 0.15) is 92.4 Å². The summed E-state index contributed by atoms with van der Waals surface area (Å²) in [6, 6.07) is 4.77. The van der Waals surface area contributed by atoms with Crippen molar-refractivity contribution >= 4 is 0 Å². The van der Waals surface area contributed by atoms with E-state index in [0.717, 1.165) is 23.7 Å². The highest BCUT2D eigenvalue weighted by Crippen LogP contribution is 2.45. The zero-order valence-electron chi connectivity index (χ0n) is 16.8. The molecule has 0 atom stereocenters. The molecule has 0 spiro atoms. The Bertz CT molecular complexity index is 566. The zero-order chi connectivity index (χ0) is 17.8. The molecule has 1 aromatic carbocycles. The van der Waals surface area contributed by atoms with Crippen LogP contribution in [0.5, 0.6) is 0 Å². The molecule has 3 rings (SSSR count). The summed E-state index contributed by atoms with van der Waals surface area (Å²) in [4.78, 5) is 0. The van der Waals surface area contributed by atoms with E-state index in [1.807, 2.05) is 0 Å². The minimum atomic E-state index is 0.819. The molecule has 0 saturated heterocycles. The Balaban J connectivity index is 1.51. The zero-order valence-corrected chi connectivity index (χ0v) is 16.8. The molecule has 0 aromatic heterocycles. The molecule has 0 heteroatoms. The van der Waals surface area contributed by atoms with Crippen LogP contribution in [0.4, 0.5) is 0 Å². The molecule has 0 aliphatic heterocycles. The van der Waals surface area contributed by atoms with Crippen molar-refractivity contribution < 1.29 is 0 Å². The highest BCUT2D eigenvalue weighted by molar-refractivity contribution is 5.40. The average molecular weight is 339 g/mol. The molecule has 2 aliphatic rings. The van der Waals surface area contributed by atoms with E-state index in [0.29, 0.717) is 0 Å². The third kappa shape index (κ3) is 4.39. The van der Waals surface area contributed by atoms with Crippen molar-refractivity contribution in [3.8, 4) is 0 Å². The molecular formula is C25H38. The fourth-order valence-electron chi connectivity index (χ4n) is 5.62. The molecule has 2 saturated carbocycles. The first-order valence-corrected chi connectivity index (χ1v) is 10.8. The van der Waals surface area contributed by atoms with Crippen LogP contribution in [0.2, 0.25) is 0 Å². The Morgan fingerprint density at radius 1 is 0.840 bits per heavy atom. The van der Waals surface area contributed by atoms with E-state index in [1.54, 1.807) is 11.1 Å². The van der Waals surface area contributed by atoms with Gasteiger partial charge in [-0.25, -0.2) is 0 Å². The lowest BCUT2D eigenvalue weighted by atomic mass is 9.67. The van der Waals surface area contributed by atoms with Crippen LogP contribution in [-0.2, 0) is 0 Å². The number of aryl methyl sites for hydroxylation is 1. The van der Waals surface area contributed by atoms with Gasteiger partial charge in [-0.2, -0.15) is 0 Å². The first-order valence-electron chi connectivity index (χ1n) is 10.8. The Kier molecular flexibility index (Phi) is 6.42. The summed E-state index contributed by atoms with van der Waals surface area (Å²) in [5.41, 5.74) is 6.17. The van der Waals surface area contributed by atoms with Gasteiger partial charge in [-0.3, -0.25) is 0 Å². The summed E-state index contributed by atoms with van der Waals surface area (Å²) in [5.74, 6) is 3.86. The van der Waals surface area contributed by atoms with Gasteiger partial charge in [0, 0.05) is 0 Å². The lowest BCUT2D eigenvalue weighted by molar-refractivity contribution is 0.157. The van der Waals surface area contributed by atoms with Gasteiger partial charge in [-0.15, -0.1) is 6.58 Å². The van der Waals surface area contributed by atoms with Gasteiger partial charge in [0.15, 0.2) is 0 Å². The molecule has 0 nitrogen and oxygen atoms in total. The van der Waals surface area contributed by atoms with Crippen LogP contribution in [0.15, 0.2) is 24.8 Å². The maximum absolute atomic E-state index is 3.88. The average Bonchev–Trinajstić information content (AvgIpc) is 2.65. The molecule has 0 heterocycles. The van der Waals surface area contributed by atoms with E-state index in [2.05, 4.69) is 45.6 Å². The van der Waals surface area contributed by atoms with Crippen LogP contribution >= 0.6 is 0 Å². The Labute approximate surface area is 156 Å². The summed E-state index contributed by atoms with van der Waals surface area (Å²) >= 11 is 0. The molecule has 2 aliphatic carbocycles. The van der Waals surface area contributed by atoms with Gasteiger partial charge in [0.1, 0.15) is 0 Å². The van der Waals surface area contributed by atoms with Gasteiger partial charge in [-0.05, 0) is 118 Å². The highest BCUT2D eigenvalue weighted by Gasteiger charge is 2.31. The van der Waals surface area contributed by atoms with Crippen molar-refractivity contribution in [2.24, 2.45) is 17.8 Å². The second kappa shape index (κ2) is 8.56. The van der Waals surface area contributed by atoms with Crippen LogP contribution in [0.25, 0.3) is 0 Å². The van der Waals surface area contributed by atoms with Crippen molar-refractivity contribution in [3.05, 3.63) is 47.0 Å². The van der Waals surface area contributed by atoms with Crippen molar-refractivity contribution in [2.45, 2.75) is 90.9 Å². The van der Waals surface area contributed by atoms with E-state index in [1.165, 1.54) is 75.3 Å². The second-order valence-corrected chi connectivity index (χ2v) is 8.98. The largest absolute Gasteiger partial charge is 0.103 e. The Morgan fingerprint density at radius 2 is 1.44 bits per heavy atom. The quantitative estimate of drug-likeness (QED) is 0.483. The first-order chi connectivity index (χ1) is 12.1. The van der Waals surface area contributed by atoms with Gasteiger partial charge in [0.05, 0.1) is 0 Å². The third-order valence-corrected chi connectivity index (χ3v) is 7.65. The normalized spacial score (nSPS) is 30.2. The van der Waals surface area contributed by atoms with Gasteiger partial charge in [0.25, 0.3) is 0 Å². The topological polar surface area (TPSA) is 0 Å². The van der Waals surface area contributed by atoms with Gasteiger partial charge in [0.2, 0.25) is 0 Å². The van der Waals surface area contributed by atoms with Gasteiger partial charge >= 0.3 is 0 Å². The molecule has 0 bridgehead atoms. The van der Waals surface area contributed by atoms with Crippen LogP contribution in [0.3, 0.4) is 0 Å². The van der Waals surface area contributed by atoms with Gasteiger partial charge < -0.3 is 0 Å². The minimum Gasteiger partial charge on any atom is -0.103 e. The predicted octanol–water partition coefficient (Wildman–Crippen LogP) is 7.66. The maximum Gasteiger partial charge on any atom is -0.0159 e. The van der Waals surface area contributed by atoms with E-state index in [4.69, 9.17) is 0 Å². The second-order valence-electron chi connectivity index (χ2n) is 8.98. The lowest BCUT2D eigenvalue weighted by Gasteiger charge is -2.38. The molecule has 0 N–H and O–H groups in total. The number of rotatable bonds is 5. The number of benzene rings is 1. The Morgan fingerprint density at radius 3 is 2.04 bits per heavy atom. The first kappa shape index (κ1) is 18.7. The van der Waals surface area contributed by atoms with E-state index < -0.39 is 0 Å². The molecule has 25 heavy (non-hydrogen) atoms.